The predicted octanol–water partition coefficient (Wildman–Crippen LogP) is 2.96. The van der Waals surface area contributed by atoms with Crippen molar-refractivity contribution in [3.05, 3.63) is 42.5 Å². The average molecular weight is 413 g/mol. The summed E-state index contributed by atoms with van der Waals surface area (Å²) >= 11 is 4.64. The fourth-order valence-corrected chi connectivity index (χ4v) is 3.25. The van der Waals surface area contributed by atoms with Gasteiger partial charge < -0.3 is 21.3 Å². The second-order valence-corrected chi connectivity index (χ2v) is 8.68. The first kappa shape index (κ1) is 23.0. The van der Waals surface area contributed by atoms with Crippen LogP contribution in [0.4, 0.5) is 22.7 Å². The van der Waals surface area contributed by atoms with Gasteiger partial charge in [0.1, 0.15) is 0 Å². The molecule has 2 aromatic carbocycles. The molecule has 9 heteroatoms. The molecule has 0 saturated carbocycles. The summed E-state index contributed by atoms with van der Waals surface area (Å²) in [6.07, 6.45) is 0. The largest absolute Gasteiger partial charge is 0.399 e. The number of hydrogen-bond acceptors (Lipinski definition) is 8. The van der Waals surface area contributed by atoms with Gasteiger partial charge in [0.2, 0.25) is 8.77 Å². The van der Waals surface area contributed by atoms with E-state index in [4.69, 9.17) is 16.7 Å². The van der Waals surface area contributed by atoms with Crippen LogP contribution in [0.5, 0.6) is 0 Å². The van der Waals surface area contributed by atoms with Gasteiger partial charge in [-0.05, 0) is 56.3 Å². The van der Waals surface area contributed by atoms with Crippen LogP contribution >= 0.6 is 0 Å². The Morgan fingerprint density at radius 1 is 1.00 bits per heavy atom. The van der Waals surface area contributed by atoms with Crippen LogP contribution < -0.4 is 21.3 Å². The summed E-state index contributed by atoms with van der Waals surface area (Å²) < 4.78 is 15.5. The smallest absolute Gasteiger partial charge is 0.204 e. The van der Waals surface area contributed by atoms with Gasteiger partial charge in [0, 0.05) is 55.4 Å². The van der Waals surface area contributed by atoms with E-state index >= 15 is 0 Å². The van der Waals surface area contributed by atoms with Crippen LogP contribution in [0.15, 0.2) is 47.4 Å². The van der Waals surface area contributed by atoms with Gasteiger partial charge in [0.15, 0.2) is 0 Å². The molecule has 27 heavy (non-hydrogen) atoms. The molecule has 5 N–H and O–H groups in total. The molecule has 0 radical (unpaired) electrons. The zero-order valence-electron chi connectivity index (χ0n) is 16.1. The highest BCUT2D eigenvalue weighted by Gasteiger charge is 2.15. The molecule has 150 valence electrons. The van der Waals surface area contributed by atoms with E-state index in [1.165, 1.54) is 5.69 Å². The van der Waals surface area contributed by atoms with Gasteiger partial charge in [-0.3, -0.25) is 0 Å². The molecule has 0 saturated heterocycles. The van der Waals surface area contributed by atoms with Crippen molar-refractivity contribution >= 4 is 42.7 Å². The lowest BCUT2D eigenvalue weighted by atomic mass is 10.2. The molecule has 0 heterocycles. The summed E-state index contributed by atoms with van der Waals surface area (Å²) in [6.45, 7) is 5.89. The normalized spacial score (nSPS) is 12.5. The number of anilines is 4. The zero-order chi connectivity index (χ0) is 20.6. The lowest BCUT2D eigenvalue weighted by molar-refractivity contribution is -0.124. The Bertz CT molecular complexity index is 827. The van der Waals surface area contributed by atoms with Crippen LogP contribution in [-0.4, -0.2) is 36.7 Å². The monoisotopic (exact) mass is 412 g/mol. The molecule has 0 aliphatic rings. The number of nitrogen functional groups attached to an aromatic ring is 2. The standard InChI is InChI=1S/C9H14N2O3S2.C9H14N2/c1-3-11(2)7-4-5-8(10)9(6-7)16(13,15)14-12;1-3-11(2)9-6-4-8(10)5-7-9/h4-6,12H,3,10H2,1-2H3;4-7H,3,10H2,1-2H3. The Hall–Kier alpha value is -2.07. The zero-order valence-corrected chi connectivity index (χ0v) is 17.7. The fourth-order valence-electron chi connectivity index (χ4n) is 2.11. The Morgan fingerprint density at radius 3 is 1.96 bits per heavy atom. The minimum atomic E-state index is -3.36. The first-order chi connectivity index (χ1) is 12.7. The summed E-state index contributed by atoms with van der Waals surface area (Å²) in [5.41, 5.74) is 14.3. The highest BCUT2D eigenvalue weighted by atomic mass is 32.8. The van der Waals surface area contributed by atoms with Gasteiger partial charge in [0.05, 0.1) is 10.6 Å². The number of nitrogens with two attached hydrogens (primary N) is 2. The van der Waals surface area contributed by atoms with Crippen LogP contribution in [0.2, 0.25) is 0 Å². The number of nitrogens with zero attached hydrogens (tertiary/aromatic N) is 2. The predicted molar refractivity (Wildman–Crippen MR) is 117 cm³/mol. The van der Waals surface area contributed by atoms with Crippen molar-refractivity contribution < 1.29 is 13.8 Å². The minimum absolute atomic E-state index is 0.128. The number of hydrogen-bond donors (Lipinski definition) is 3. The van der Waals surface area contributed by atoms with E-state index in [9.17, 15) is 4.21 Å². The fraction of sp³-hybridized carbons (Fsp3) is 0.333. The van der Waals surface area contributed by atoms with Crippen LogP contribution in [0.3, 0.4) is 0 Å². The van der Waals surface area contributed by atoms with Crippen LogP contribution in [0.25, 0.3) is 0 Å². The van der Waals surface area contributed by atoms with Gasteiger partial charge >= 0.3 is 0 Å². The second-order valence-electron chi connectivity index (χ2n) is 5.87. The molecule has 0 bridgehead atoms. The maximum absolute atomic E-state index is 11.7. The second kappa shape index (κ2) is 10.3. The van der Waals surface area contributed by atoms with Gasteiger partial charge in [0.25, 0.3) is 0 Å². The number of rotatable bonds is 6. The molecule has 1 atom stereocenters. The van der Waals surface area contributed by atoms with Crippen molar-refractivity contribution in [3.8, 4) is 0 Å². The van der Waals surface area contributed by atoms with Crippen molar-refractivity contribution in [1.82, 2.24) is 0 Å². The Kier molecular flexibility index (Phi) is 8.77. The average Bonchev–Trinajstić information content (AvgIpc) is 2.68. The Labute approximate surface area is 166 Å². The van der Waals surface area contributed by atoms with Crippen molar-refractivity contribution in [2.75, 3.05) is 48.5 Å². The van der Waals surface area contributed by atoms with E-state index in [2.05, 4.69) is 34.4 Å². The first-order valence-electron chi connectivity index (χ1n) is 8.41. The summed E-state index contributed by atoms with van der Waals surface area (Å²) in [7, 11) is 0.580. The molecular formula is C18H28N4O3S2. The number of benzene rings is 2. The Balaban J connectivity index is 0.000000289. The van der Waals surface area contributed by atoms with Crippen molar-refractivity contribution in [2.24, 2.45) is 0 Å². The van der Waals surface area contributed by atoms with Gasteiger partial charge in [-0.15, -0.1) is 4.33 Å². The SMILES string of the molecule is CCN(C)c1ccc(N)c(S(=O)(=S)OO)c1.CCN(C)c1ccc(N)cc1. The molecule has 2 aromatic rings. The lowest BCUT2D eigenvalue weighted by Crippen LogP contribution is -2.16. The molecule has 0 amide bonds. The molecule has 7 nitrogen and oxygen atoms in total. The van der Waals surface area contributed by atoms with Crippen molar-refractivity contribution in [1.29, 1.82) is 0 Å². The quantitative estimate of drug-likeness (QED) is 0.378. The molecule has 0 aliphatic carbocycles. The third-order valence-corrected chi connectivity index (χ3v) is 5.90. The van der Waals surface area contributed by atoms with E-state index in [1.807, 2.05) is 43.1 Å². The van der Waals surface area contributed by atoms with E-state index in [0.717, 1.165) is 24.5 Å². The summed E-state index contributed by atoms with van der Waals surface area (Å²) in [5.74, 6) is 0. The third-order valence-electron chi connectivity index (χ3n) is 4.09. The maximum atomic E-state index is 11.7. The van der Waals surface area contributed by atoms with Crippen LogP contribution in [-0.2, 0) is 24.3 Å². The molecule has 0 fully saturated rings. The topological polar surface area (TPSA) is 105 Å². The molecule has 0 spiro atoms. The van der Waals surface area contributed by atoms with E-state index in [-0.39, 0.29) is 10.6 Å². The first-order valence-corrected chi connectivity index (χ1v) is 10.8. The maximum Gasteiger partial charge on any atom is 0.204 e. The lowest BCUT2D eigenvalue weighted by Gasteiger charge is -2.18. The summed E-state index contributed by atoms with van der Waals surface area (Å²) in [6, 6.07) is 12.8. The van der Waals surface area contributed by atoms with Crippen LogP contribution in [0.1, 0.15) is 13.8 Å². The van der Waals surface area contributed by atoms with E-state index < -0.39 is 8.77 Å². The third kappa shape index (κ3) is 6.55. The van der Waals surface area contributed by atoms with E-state index in [1.54, 1.807) is 18.2 Å². The van der Waals surface area contributed by atoms with E-state index in [0.29, 0.717) is 0 Å². The van der Waals surface area contributed by atoms with Gasteiger partial charge in [-0.25, -0.2) is 9.47 Å². The summed E-state index contributed by atoms with van der Waals surface area (Å²) in [4.78, 5) is 4.22. The van der Waals surface area contributed by atoms with Gasteiger partial charge in [-0.1, -0.05) is 0 Å². The molecular weight excluding hydrogens is 384 g/mol. The van der Waals surface area contributed by atoms with Crippen molar-refractivity contribution in [2.45, 2.75) is 18.7 Å². The van der Waals surface area contributed by atoms with Crippen molar-refractivity contribution in [3.63, 3.8) is 0 Å². The molecule has 1 unspecified atom stereocenters. The molecule has 0 aromatic heterocycles. The summed E-state index contributed by atoms with van der Waals surface area (Å²) in [5, 5.41) is 8.51. The van der Waals surface area contributed by atoms with Gasteiger partial charge in [-0.2, -0.15) is 0 Å². The highest BCUT2D eigenvalue weighted by Crippen LogP contribution is 2.25. The molecule has 0 aliphatic heterocycles. The minimum Gasteiger partial charge on any atom is -0.399 e. The highest BCUT2D eigenvalue weighted by molar-refractivity contribution is 8.30. The molecule has 2 rings (SSSR count). The van der Waals surface area contributed by atoms with Crippen LogP contribution in [0, 0.1) is 0 Å². The Morgan fingerprint density at radius 2 is 1.48 bits per heavy atom.